The van der Waals surface area contributed by atoms with Gasteiger partial charge in [0.25, 0.3) is 8.53 Å². The monoisotopic (exact) mass is 396 g/mol. The summed E-state index contributed by atoms with van der Waals surface area (Å²) in [7, 11) is -1.28. The van der Waals surface area contributed by atoms with Crippen molar-refractivity contribution >= 4 is 16.1 Å². The molecule has 0 saturated carbocycles. The highest BCUT2D eigenvalue weighted by atomic mass is 31.2. The van der Waals surface area contributed by atoms with Gasteiger partial charge in [-0.3, -0.25) is 4.57 Å². The van der Waals surface area contributed by atoms with Gasteiger partial charge < -0.3 is 18.1 Å². The van der Waals surface area contributed by atoms with Crippen LogP contribution < -0.4 is 0 Å². The van der Waals surface area contributed by atoms with Crippen molar-refractivity contribution < 1.29 is 22.7 Å². The number of nitriles is 1. The highest BCUT2D eigenvalue weighted by molar-refractivity contribution is 7.53. The summed E-state index contributed by atoms with van der Waals surface area (Å²) in [5.74, 6) is 0. The molecule has 0 fully saturated rings. The molecule has 0 aliphatic heterocycles. The maximum Gasteiger partial charge on any atom is 0.330 e. The summed E-state index contributed by atoms with van der Waals surface area (Å²) in [6.07, 6.45) is 3.25. The molecule has 1 unspecified atom stereocenters. The fourth-order valence-corrected chi connectivity index (χ4v) is 5.05. The third-order valence-corrected chi connectivity index (χ3v) is 7.58. The van der Waals surface area contributed by atoms with Gasteiger partial charge in [0.1, 0.15) is 0 Å². The van der Waals surface area contributed by atoms with E-state index in [4.69, 9.17) is 23.4 Å². The second-order valence-corrected chi connectivity index (χ2v) is 9.99. The van der Waals surface area contributed by atoms with Crippen LogP contribution >= 0.6 is 16.1 Å². The molecule has 25 heavy (non-hydrogen) atoms. The van der Waals surface area contributed by atoms with E-state index in [1.54, 1.807) is 0 Å². The molecule has 0 aliphatic carbocycles. The van der Waals surface area contributed by atoms with Crippen LogP contribution in [0.4, 0.5) is 0 Å². The Balaban J connectivity index is 4.34. The Bertz CT molecular complexity index is 413. The topological polar surface area (TPSA) is 81.0 Å². The van der Waals surface area contributed by atoms with Crippen LogP contribution in [-0.2, 0) is 22.7 Å². The molecule has 0 spiro atoms. The highest BCUT2D eigenvalue weighted by Crippen LogP contribution is 2.48. The van der Waals surface area contributed by atoms with Crippen molar-refractivity contribution in [1.29, 1.82) is 5.26 Å². The predicted molar refractivity (Wildman–Crippen MR) is 102 cm³/mol. The molecule has 0 saturated heterocycles. The van der Waals surface area contributed by atoms with Crippen molar-refractivity contribution in [2.75, 3.05) is 33.6 Å². The third kappa shape index (κ3) is 10.6. The zero-order chi connectivity index (χ0) is 19.3. The number of hydrogen-bond donors (Lipinski definition) is 0. The minimum Gasteiger partial charge on any atom is -0.322 e. The van der Waals surface area contributed by atoms with E-state index >= 15 is 0 Å². The van der Waals surface area contributed by atoms with Crippen molar-refractivity contribution in [3.63, 3.8) is 0 Å². The first-order valence-corrected chi connectivity index (χ1v) is 11.6. The van der Waals surface area contributed by atoms with Gasteiger partial charge in [0.15, 0.2) is 0 Å². The summed E-state index contributed by atoms with van der Waals surface area (Å²) in [6.45, 7) is 9.39. The third-order valence-electron chi connectivity index (χ3n) is 3.50. The van der Waals surface area contributed by atoms with Gasteiger partial charge in [-0.1, -0.05) is 6.42 Å². The van der Waals surface area contributed by atoms with E-state index in [1.165, 1.54) is 14.2 Å². The van der Waals surface area contributed by atoms with E-state index in [1.807, 2.05) is 0 Å². The van der Waals surface area contributed by atoms with Gasteiger partial charge in [0.05, 0.1) is 31.9 Å². The molecule has 0 aromatic carbocycles. The van der Waals surface area contributed by atoms with Crippen LogP contribution in [0.2, 0.25) is 0 Å². The molecule has 7 nitrogen and oxygen atoms in total. The summed E-state index contributed by atoms with van der Waals surface area (Å²) in [5, 5.41) is 8.70. The summed E-state index contributed by atoms with van der Waals surface area (Å²) >= 11 is 0. The van der Waals surface area contributed by atoms with E-state index in [2.05, 4.69) is 38.4 Å². The number of nitrogens with zero attached hydrogens (tertiary/aromatic N) is 2. The van der Waals surface area contributed by atoms with E-state index in [9.17, 15) is 4.57 Å². The van der Waals surface area contributed by atoms with Gasteiger partial charge in [-0.15, -0.1) is 0 Å². The number of hydrogen-bond acceptors (Lipinski definition) is 7. The summed E-state index contributed by atoms with van der Waals surface area (Å²) in [4.78, 5) is 0. The Kier molecular flexibility index (Phi) is 14.0. The van der Waals surface area contributed by atoms with Crippen molar-refractivity contribution in [3.05, 3.63) is 0 Å². The van der Waals surface area contributed by atoms with E-state index in [0.717, 1.165) is 19.3 Å². The van der Waals surface area contributed by atoms with Gasteiger partial charge in [0, 0.05) is 26.3 Å². The second-order valence-electron chi connectivity index (χ2n) is 6.14. The lowest BCUT2D eigenvalue weighted by Crippen LogP contribution is -2.33. The Morgan fingerprint density at radius 3 is 2.04 bits per heavy atom. The molecule has 0 bridgehead atoms. The van der Waals surface area contributed by atoms with Crippen LogP contribution in [0.5, 0.6) is 0 Å². The molecule has 0 N–H and O–H groups in total. The molecule has 0 aliphatic rings. The summed E-state index contributed by atoms with van der Waals surface area (Å²) in [6, 6.07) is 2.68. The molecule has 0 aromatic heterocycles. The van der Waals surface area contributed by atoms with Crippen LogP contribution in [0.1, 0.15) is 53.4 Å². The highest BCUT2D eigenvalue weighted by Gasteiger charge is 2.27. The maximum atomic E-state index is 12.0. The first-order chi connectivity index (χ1) is 11.8. The standard InChI is InChI=1S/C16H34N2O5P2/c1-15(2)18(16(3)4)24(23-13-10-11-17)22-12-8-7-9-14-25(19,20-5)21-6/h15-16H,7-10,12-14H2,1-6H3. The van der Waals surface area contributed by atoms with Gasteiger partial charge in [-0.25, -0.2) is 4.67 Å². The fraction of sp³-hybridized carbons (Fsp3) is 0.938. The molecule has 1 atom stereocenters. The fourth-order valence-electron chi connectivity index (χ4n) is 2.30. The smallest absolute Gasteiger partial charge is 0.322 e. The predicted octanol–water partition coefficient (Wildman–Crippen LogP) is 4.94. The lowest BCUT2D eigenvalue weighted by atomic mass is 10.3. The van der Waals surface area contributed by atoms with Crippen molar-refractivity contribution in [2.24, 2.45) is 0 Å². The van der Waals surface area contributed by atoms with Crippen molar-refractivity contribution in [1.82, 2.24) is 4.67 Å². The van der Waals surface area contributed by atoms with Crippen LogP contribution in [-0.4, -0.2) is 50.3 Å². The minimum absolute atomic E-state index is 0.294. The first-order valence-electron chi connectivity index (χ1n) is 8.73. The Labute approximate surface area is 154 Å². The molecule has 0 heterocycles. The molecular formula is C16H34N2O5P2. The zero-order valence-electron chi connectivity index (χ0n) is 16.4. The number of unbranched alkanes of at least 4 members (excludes halogenated alkanes) is 2. The van der Waals surface area contributed by atoms with Gasteiger partial charge in [-0.2, -0.15) is 5.26 Å². The second kappa shape index (κ2) is 14.1. The Morgan fingerprint density at radius 1 is 1.00 bits per heavy atom. The van der Waals surface area contributed by atoms with Crippen LogP contribution in [0.15, 0.2) is 0 Å². The zero-order valence-corrected chi connectivity index (χ0v) is 18.2. The quantitative estimate of drug-likeness (QED) is 0.287. The van der Waals surface area contributed by atoms with Gasteiger partial charge >= 0.3 is 7.60 Å². The van der Waals surface area contributed by atoms with E-state index in [0.29, 0.717) is 37.9 Å². The van der Waals surface area contributed by atoms with E-state index in [-0.39, 0.29) is 0 Å². The van der Waals surface area contributed by atoms with Crippen molar-refractivity contribution in [2.45, 2.75) is 65.5 Å². The SMILES string of the molecule is COP(=O)(CCCCCOP(OCCC#N)N(C(C)C)C(C)C)OC. The Hall–Kier alpha value is -0.0500. The molecule has 0 radical (unpaired) electrons. The maximum absolute atomic E-state index is 12.0. The molecule has 0 rings (SSSR count). The van der Waals surface area contributed by atoms with Gasteiger partial charge in [0.2, 0.25) is 0 Å². The van der Waals surface area contributed by atoms with Crippen LogP contribution in [0, 0.1) is 11.3 Å². The normalized spacial score (nSPS) is 13.6. The first kappa shape index (κ1) is 24.9. The average molecular weight is 396 g/mol. The Morgan fingerprint density at radius 2 is 1.56 bits per heavy atom. The lowest BCUT2D eigenvalue weighted by molar-refractivity contribution is 0.174. The lowest BCUT2D eigenvalue weighted by Gasteiger charge is -2.35. The van der Waals surface area contributed by atoms with Crippen molar-refractivity contribution in [3.8, 4) is 6.07 Å². The largest absolute Gasteiger partial charge is 0.330 e. The molecule has 148 valence electrons. The summed E-state index contributed by atoms with van der Waals surface area (Å²) in [5.41, 5.74) is 0. The minimum atomic E-state index is -2.91. The molecular weight excluding hydrogens is 362 g/mol. The summed E-state index contributed by atoms with van der Waals surface area (Å²) < 4.78 is 35.8. The van der Waals surface area contributed by atoms with E-state index < -0.39 is 16.1 Å². The van der Waals surface area contributed by atoms with Crippen LogP contribution in [0.3, 0.4) is 0 Å². The number of rotatable bonds is 15. The van der Waals surface area contributed by atoms with Gasteiger partial charge in [-0.05, 0) is 40.5 Å². The molecule has 0 aromatic rings. The average Bonchev–Trinajstić information content (AvgIpc) is 2.56. The van der Waals surface area contributed by atoms with Crippen LogP contribution in [0.25, 0.3) is 0 Å². The molecule has 0 amide bonds. The molecule has 9 heteroatoms.